The maximum Gasteiger partial charge on any atom is 0.412 e. The molecule has 0 radical (unpaired) electrons. The number of ether oxygens (including phenoxy) is 2. The summed E-state index contributed by atoms with van der Waals surface area (Å²) in [4.78, 5) is 13.0. The van der Waals surface area contributed by atoms with E-state index in [-0.39, 0.29) is 5.75 Å². The zero-order chi connectivity index (χ0) is 13.0. The number of hydrogen-bond donors (Lipinski definition) is 1. The molecule has 1 aromatic carbocycles. The smallest absolute Gasteiger partial charge is 0.408 e. The molecule has 0 aromatic heterocycles. The molecule has 0 unspecified atom stereocenters. The van der Waals surface area contributed by atoms with Crippen LogP contribution in [0, 0.1) is 5.82 Å². The Morgan fingerprint density at radius 2 is 2.17 bits per heavy atom. The first kappa shape index (κ1) is 12.6. The molecule has 0 saturated carbocycles. The molecule has 1 saturated heterocycles. The number of halogens is 1. The van der Waals surface area contributed by atoms with Crippen molar-refractivity contribution in [3.05, 3.63) is 24.0 Å². The van der Waals surface area contributed by atoms with Gasteiger partial charge in [-0.15, -0.1) is 0 Å². The van der Waals surface area contributed by atoms with Gasteiger partial charge in [0.15, 0.2) is 5.75 Å². The van der Waals surface area contributed by atoms with E-state index >= 15 is 0 Å². The van der Waals surface area contributed by atoms with Gasteiger partial charge in [-0.25, -0.2) is 9.18 Å². The second-order valence-electron chi connectivity index (χ2n) is 3.83. The quantitative estimate of drug-likeness (QED) is 0.866. The molecule has 5 nitrogen and oxygen atoms in total. The van der Waals surface area contributed by atoms with Gasteiger partial charge in [-0.1, -0.05) is 6.07 Å². The summed E-state index contributed by atoms with van der Waals surface area (Å²) in [5, 5.41) is 2.34. The van der Waals surface area contributed by atoms with Gasteiger partial charge in [-0.3, -0.25) is 0 Å². The molecule has 1 fully saturated rings. The van der Waals surface area contributed by atoms with Gasteiger partial charge in [0, 0.05) is 20.1 Å². The summed E-state index contributed by atoms with van der Waals surface area (Å²) in [6, 6.07) is 4.43. The van der Waals surface area contributed by atoms with Crippen molar-refractivity contribution in [2.45, 2.75) is 0 Å². The van der Waals surface area contributed by atoms with Crippen molar-refractivity contribution in [2.75, 3.05) is 38.3 Å². The van der Waals surface area contributed by atoms with E-state index in [0.29, 0.717) is 32.0 Å². The first-order chi connectivity index (χ1) is 8.72. The van der Waals surface area contributed by atoms with Crippen molar-refractivity contribution in [3.8, 4) is 5.75 Å². The summed E-state index contributed by atoms with van der Waals surface area (Å²) >= 11 is 0. The van der Waals surface area contributed by atoms with Crippen molar-refractivity contribution in [1.82, 2.24) is 5.32 Å². The SMILES string of the molecule is CNC(=O)Oc1cccc(F)c1N1CCOCC1. The zero-order valence-corrected chi connectivity index (χ0v) is 10.1. The fraction of sp³-hybridized carbons (Fsp3) is 0.417. The van der Waals surface area contributed by atoms with E-state index in [1.165, 1.54) is 19.2 Å². The molecular formula is C12H15FN2O3. The number of benzene rings is 1. The Balaban J connectivity index is 2.28. The molecule has 1 heterocycles. The van der Waals surface area contributed by atoms with E-state index in [0.717, 1.165) is 0 Å². The van der Waals surface area contributed by atoms with E-state index in [2.05, 4.69) is 5.32 Å². The van der Waals surface area contributed by atoms with E-state index in [4.69, 9.17) is 9.47 Å². The summed E-state index contributed by atoms with van der Waals surface area (Å²) in [5.41, 5.74) is 0.310. The van der Waals surface area contributed by atoms with E-state index in [9.17, 15) is 9.18 Å². The number of carbonyl (C=O) groups is 1. The molecular weight excluding hydrogens is 239 g/mol. The molecule has 1 aliphatic heterocycles. The number of nitrogens with zero attached hydrogens (tertiary/aromatic N) is 1. The third-order valence-electron chi connectivity index (χ3n) is 2.68. The summed E-state index contributed by atoms with van der Waals surface area (Å²) < 4.78 is 24.2. The van der Waals surface area contributed by atoms with Crippen molar-refractivity contribution >= 4 is 11.8 Å². The number of carbonyl (C=O) groups excluding carboxylic acids is 1. The monoisotopic (exact) mass is 254 g/mol. The molecule has 98 valence electrons. The lowest BCUT2D eigenvalue weighted by atomic mass is 10.2. The molecule has 0 aliphatic carbocycles. The van der Waals surface area contributed by atoms with Crippen molar-refractivity contribution in [3.63, 3.8) is 0 Å². The minimum absolute atomic E-state index is 0.219. The normalized spacial score (nSPS) is 15.3. The van der Waals surface area contributed by atoms with Crippen LogP contribution in [0.3, 0.4) is 0 Å². The summed E-state index contributed by atoms with van der Waals surface area (Å²) in [5.74, 6) is -0.186. The third kappa shape index (κ3) is 2.70. The molecule has 0 atom stereocenters. The molecule has 1 aliphatic rings. The van der Waals surface area contributed by atoms with Gasteiger partial charge in [0.2, 0.25) is 0 Å². The predicted molar refractivity (Wildman–Crippen MR) is 64.5 cm³/mol. The van der Waals surface area contributed by atoms with Crippen molar-refractivity contribution in [1.29, 1.82) is 0 Å². The Labute approximate surface area is 104 Å². The minimum atomic E-state index is -0.616. The number of hydrogen-bond acceptors (Lipinski definition) is 4. The van der Waals surface area contributed by atoms with E-state index in [1.807, 2.05) is 4.90 Å². The lowest BCUT2D eigenvalue weighted by Gasteiger charge is -2.30. The lowest BCUT2D eigenvalue weighted by molar-refractivity contribution is 0.122. The summed E-state index contributed by atoms with van der Waals surface area (Å²) in [7, 11) is 1.45. The van der Waals surface area contributed by atoms with Crippen LogP contribution in [0.2, 0.25) is 0 Å². The van der Waals surface area contributed by atoms with Gasteiger partial charge in [0.25, 0.3) is 0 Å². The number of amides is 1. The summed E-state index contributed by atoms with van der Waals surface area (Å²) in [6.45, 7) is 2.22. The second-order valence-corrected chi connectivity index (χ2v) is 3.83. The maximum atomic E-state index is 13.9. The fourth-order valence-corrected chi connectivity index (χ4v) is 1.82. The van der Waals surface area contributed by atoms with Gasteiger partial charge in [-0.2, -0.15) is 0 Å². The molecule has 6 heteroatoms. The highest BCUT2D eigenvalue weighted by Gasteiger charge is 2.20. The zero-order valence-electron chi connectivity index (χ0n) is 10.1. The van der Waals surface area contributed by atoms with Crippen LogP contribution in [0.4, 0.5) is 14.9 Å². The summed E-state index contributed by atoms with van der Waals surface area (Å²) in [6.07, 6.45) is -0.616. The number of anilines is 1. The highest BCUT2D eigenvalue weighted by atomic mass is 19.1. The van der Waals surface area contributed by atoms with Gasteiger partial charge in [0.05, 0.1) is 13.2 Å². The Hall–Kier alpha value is -1.82. The maximum absolute atomic E-state index is 13.9. The van der Waals surface area contributed by atoms with Gasteiger partial charge in [0.1, 0.15) is 11.5 Å². The van der Waals surface area contributed by atoms with E-state index < -0.39 is 11.9 Å². The van der Waals surface area contributed by atoms with Crippen molar-refractivity contribution < 1.29 is 18.7 Å². The van der Waals surface area contributed by atoms with Crippen LogP contribution in [-0.2, 0) is 4.74 Å². The first-order valence-corrected chi connectivity index (χ1v) is 5.73. The Morgan fingerprint density at radius 3 is 2.83 bits per heavy atom. The Kier molecular flexibility index (Phi) is 3.99. The standard InChI is InChI=1S/C12H15FN2O3/c1-14-12(16)18-10-4-2-3-9(13)11(10)15-5-7-17-8-6-15/h2-4H,5-8H2,1H3,(H,14,16). The highest BCUT2D eigenvalue weighted by molar-refractivity contribution is 5.73. The van der Waals surface area contributed by atoms with Gasteiger partial charge in [-0.05, 0) is 12.1 Å². The average Bonchev–Trinajstić information content (AvgIpc) is 2.40. The molecule has 18 heavy (non-hydrogen) atoms. The molecule has 1 amide bonds. The molecule has 0 spiro atoms. The van der Waals surface area contributed by atoms with Crippen LogP contribution in [0.25, 0.3) is 0 Å². The highest BCUT2D eigenvalue weighted by Crippen LogP contribution is 2.31. The molecule has 1 N–H and O–H groups in total. The Bertz CT molecular complexity index is 433. The number of rotatable bonds is 2. The Morgan fingerprint density at radius 1 is 1.44 bits per heavy atom. The fourth-order valence-electron chi connectivity index (χ4n) is 1.82. The van der Waals surface area contributed by atoms with Gasteiger partial charge < -0.3 is 19.7 Å². The number of para-hydroxylation sites is 1. The van der Waals surface area contributed by atoms with E-state index in [1.54, 1.807) is 6.07 Å². The number of morpholine rings is 1. The van der Waals surface area contributed by atoms with Crippen LogP contribution >= 0.6 is 0 Å². The van der Waals surface area contributed by atoms with Crippen molar-refractivity contribution in [2.24, 2.45) is 0 Å². The van der Waals surface area contributed by atoms with Crippen LogP contribution in [-0.4, -0.2) is 39.4 Å². The number of nitrogens with one attached hydrogen (secondary N) is 1. The van der Waals surface area contributed by atoms with Gasteiger partial charge >= 0.3 is 6.09 Å². The second kappa shape index (κ2) is 5.68. The first-order valence-electron chi connectivity index (χ1n) is 5.73. The average molecular weight is 254 g/mol. The largest absolute Gasteiger partial charge is 0.412 e. The predicted octanol–water partition coefficient (Wildman–Crippen LogP) is 1.38. The molecule has 2 rings (SSSR count). The topological polar surface area (TPSA) is 50.8 Å². The molecule has 1 aromatic rings. The van der Waals surface area contributed by atoms with Crippen LogP contribution < -0.4 is 15.0 Å². The van der Waals surface area contributed by atoms with Crippen LogP contribution in [0.15, 0.2) is 18.2 Å². The van der Waals surface area contributed by atoms with Crippen LogP contribution in [0.5, 0.6) is 5.75 Å². The molecule has 0 bridgehead atoms. The van der Waals surface area contributed by atoms with Crippen LogP contribution in [0.1, 0.15) is 0 Å². The lowest BCUT2D eigenvalue weighted by Crippen LogP contribution is -2.37. The third-order valence-corrected chi connectivity index (χ3v) is 2.68. The minimum Gasteiger partial charge on any atom is -0.408 e.